The number of nitrogens with zero attached hydrogens (tertiary/aromatic N) is 2. The highest BCUT2D eigenvalue weighted by molar-refractivity contribution is 5.95. The molecule has 0 saturated carbocycles. The fourth-order valence-electron chi connectivity index (χ4n) is 4.73. The van der Waals surface area contributed by atoms with Crippen LogP contribution in [0.15, 0.2) is 10.6 Å². The molecule has 4 heterocycles. The van der Waals surface area contributed by atoms with E-state index >= 15 is 0 Å². The van der Waals surface area contributed by atoms with Crippen molar-refractivity contribution in [2.24, 2.45) is 0 Å². The molecule has 3 aliphatic rings. The quantitative estimate of drug-likeness (QED) is 0.836. The molecule has 0 spiro atoms. The van der Waals surface area contributed by atoms with Gasteiger partial charge in [-0.25, -0.2) is 0 Å². The summed E-state index contributed by atoms with van der Waals surface area (Å²) in [5.41, 5.74) is 4.06. The van der Waals surface area contributed by atoms with Gasteiger partial charge in [0.05, 0.1) is 24.4 Å². The largest absolute Gasteiger partial charge is 0.455 e. The maximum Gasteiger partial charge on any atom is 0.287 e. The summed E-state index contributed by atoms with van der Waals surface area (Å²) in [5, 5.41) is 7.83. The van der Waals surface area contributed by atoms with E-state index in [1.54, 1.807) is 0 Å². The lowest BCUT2D eigenvalue weighted by molar-refractivity contribution is 0.00402. The Labute approximate surface area is 170 Å². The number of rotatable bonds is 5. The van der Waals surface area contributed by atoms with E-state index in [0.29, 0.717) is 12.3 Å². The molecule has 1 aliphatic carbocycles. The molecule has 2 aromatic rings. The van der Waals surface area contributed by atoms with Crippen molar-refractivity contribution in [2.75, 3.05) is 19.8 Å². The van der Waals surface area contributed by atoms with Gasteiger partial charge in [-0.3, -0.25) is 9.48 Å². The first-order valence-corrected chi connectivity index (χ1v) is 10.9. The molecule has 2 fully saturated rings. The molecule has 156 valence electrons. The van der Waals surface area contributed by atoms with Crippen LogP contribution in [0.2, 0.25) is 0 Å². The van der Waals surface area contributed by atoms with E-state index in [9.17, 15) is 4.79 Å². The van der Waals surface area contributed by atoms with Gasteiger partial charge >= 0.3 is 0 Å². The molecule has 2 aliphatic heterocycles. The minimum Gasteiger partial charge on any atom is -0.455 e. The highest BCUT2D eigenvalue weighted by Gasteiger charge is 2.30. The Balaban J connectivity index is 1.34. The predicted molar refractivity (Wildman–Crippen MR) is 107 cm³/mol. The minimum atomic E-state index is -0.163. The van der Waals surface area contributed by atoms with E-state index in [1.807, 2.05) is 11.6 Å². The second-order valence-electron chi connectivity index (χ2n) is 8.41. The van der Waals surface area contributed by atoms with Crippen molar-refractivity contribution < 1.29 is 18.7 Å². The van der Waals surface area contributed by atoms with Gasteiger partial charge in [-0.05, 0) is 51.0 Å². The topological polar surface area (TPSA) is 78.5 Å². The molecule has 7 heteroatoms. The van der Waals surface area contributed by atoms with Crippen molar-refractivity contribution in [1.29, 1.82) is 0 Å². The summed E-state index contributed by atoms with van der Waals surface area (Å²) in [5.74, 6) is 1.12. The Morgan fingerprint density at radius 1 is 1.17 bits per heavy atom. The van der Waals surface area contributed by atoms with Crippen LogP contribution < -0.4 is 5.32 Å². The van der Waals surface area contributed by atoms with Crippen molar-refractivity contribution in [3.63, 3.8) is 0 Å². The summed E-state index contributed by atoms with van der Waals surface area (Å²) in [6.07, 6.45) is 9.72. The zero-order valence-corrected chi connectivity index (χ0v) is 17.0. The fourth-order valence-corrected chi connectivity index (χ4v) is 4.73. The summed E-state index contributed by atoms with van der Waals surface area (Å²) in [6.45, 7) is 4.91. The number of ether oxygens (including phenoxy) is 2. The van der Waals surface area contributed by atoms with E-state index in [4.69, 9.17) is 19.0 Å². The van der Waals surface area contributed by atoms with Gasteiger partial charge in [0.2, 0.25) is 0 Å². The Kier molecular flexibility index (Phi) is 5.18. The van der Waals surface area contributed by atoms with Crippen molar-refractivity contribution in [3.8, 4) is 11.3 Å². The fraction of sp³-hybridized carbons (Fsp3) is 0.636. The molecule has 5 rings (SSSR count). The third kappa shape index (κ3) is 3.73. The van der Waals surface area contributed by atoms with Gasteiger partial charge in [-0.2, -0.15) is 5.10 Å². The number of carbonyl (C=O) groups is 1. The number of fused-ring (bicyclic) bond motifs is 3. The van der Waals surface area contributed by atoms with E-state index in [0.717, 1.165) is 80.9 Å². The summed E-state index contributed by atoms with van der Waals surface area (Å²) < 4.78 is 19.5. The normalized spacial score (nSPS) is 23.6. The molecule has 2 atom stereocenters. The Morgan fingerprint density at radius 3 is 2.79 bits per heavy atom. The van der Waals surface area contributed by atoms with Gasteiger partial charge < -0.3 is 19.2 Å². The van der Waals surface area contributed by atoms with Crippen LogP contribution in [0.25, 0.3) is 11.3 Å². The Bertz CT molecular complexity index is 888. The third-order valence-corrected chi connectivity index (χ3v) is 6.30. The zero-order chi connectivity index (χ0) is 19.8. The van der Waals surface area contributed by atoms with Crippen LogP contribution in [-0.4, -0.2) is 47.7 Å². The van der Waals surface area contributed by atoms with E-state index < -0.39 is 0 Å². The van der Waals surface area contributed by atoms with Crippen LogP contribution in [0.3, 0.4) is 0 Å². The smallest absolute Gasteiger partial charge is 0.287 e. The second-order valence-corrected chi connectivity index (χ2v) is 8.41. The van der Waals surface area contributed by atoms with Crippen molar-refractivity contribution in [2.45, 2.75) is 70.6 Å². The Hall–Kier alpha value is -2.12. The van der Waals surface area contributed by atoms with Crippen LogP contribution in [0.1, 0.15) is 59.5 Å². The first-order chi connectivity index (χ1) is 14.2. The van der Waals surface area contributed by atoms with E-state index in [2.05, 4.69) is 11.5 Å². The summed E-state index contributed by atoms with van der Waals surface area (Å²) in [6, 6.07) is 0. The maximum atomic E-state index is 12.7. The lowest BCUT2D eigenvalue weighted by atomic mass is 9.93. The average molecular weight is 399 g/mol. The number of hydrogen-bond acceptors (Lipinski definition) is 5. The number of furan rings is 1. The third-order valence-electron chi connectivity index (χ3n) is 6.30. The van der Waals surface area contributed by atoms with Gasteiger partial charge in [0, 0.05) is 43.5 Å². The molecular weight excluding hydrogens is 370 g/mol. The van der Waals surface area contributed by atoms with E-state index in [-0.39, 0.29) is 18.1 Å². The van der Waals surface area contributed by atoms with Crippen molar-refractivity contribution in [1.82, 2.24) is 15.1 Å². The number of amides is 1. The number of hydrogen-bond donors (Lipinski definition) is 1. The molecule has 0 aromatic carbocycles. The van der Waals surface area contributed by atoms with Crippen LogP contribution in [-0.2, 0) is 28.9 Å². The summed E-state index contributed by atoms with van der Waals surface area (Å²) in [7, 11) is 0. The second kappa shape index (κ2) is 7.95. The lowest BCUT2D eigenvalue weighted by Gasteiger charge is -2.22. The van der Waals surface area contributed by atoms with Crippen LogP contribution in [0, 0.1) is 6.92 Å². The van der Waals surface area contributed by atoms with Crippen molar-refractivity contribution >= 4 is 5.91 Å². The molecular formula is C22H29N3O4. The first kappa shape index (κ1) is 18.9. The standard InChI is InChI=1S/C22H29N3O4/c1-14-19-18(29-21(14)22(26)23-11-16-6-4-10-27-16)8-7-15-12-25(24-20(15)19)13-17-5-2-3-9-28-17/h12,16-17H,2-11,13H2,1H3,(H,23,26)/t16-,17?/m0/s1. The van der Waals surface area contributed by atoms with Gasteiger partial charge in [0.25, 0.3) is 5.91 Å². The molecule has 2 saturated heterocycles. The molecule has 1 amide bonds. The van der Waals surface area contributed by atoms with E-state index in [1.165, 1.54) is 12.0 Å². The predicted octanol–water partition coefficient (Wildman–Crippen LogP) is 3.03. The van der Waals surface area contributed by atoms with Crippen molar-refractivity contribution in [3.05, 3.63) is 28.8 Å². The monoisotopic (exact) mass is 399 g/mol. The maximum absolute atomic E-state index is 12.7. The highest BCUT2D eigenvalue weighted by Crippen LogP contribution is 2.38. The summed E-state index contributed by atoms with van der Waals surface area (Å²) >= 11 is 0. The van der Waals surface area contributed by atoms with Gasteiger partial charge in [0.1, 0.15) is 5.76 Å². The van der Waals surface area contributed by atoms with Gasteiger partial charge in [0.15, 0.2) is 5.76 Å². The number of nitrogens with one attached hydrogen (secondary N) is 1. The molecule has 7 nitrogen and oxygen atoms in total. The highest BCUT2D eigenvalue weighted by atomic mass is 16.5. The van der Waals surface area contributed by atoms with Gasteiger partial charge in [-0.15, -0.1) is 0 Å². The average Bonchev–Trinajstić information content (AvgIpc) is 3.45. The van der Waals surface area contributed by atoms with Gasteiger partial charge in [-0.1, -0.05) is 0 Å². The number of aryl methyl sites for hydroxylation is 2. The molecule has 0 bridgehead atoms. The molecule has 2 aromatic heterocycles. The molecule has 0 radical (unpaired) electrons. The SMILES string of the molecule is Cc1c(C(=O)NC[C@@H]2CCCO2)oc2c1-c1nn(CC3CCCCO3)cc1CC2. The molecule has 1 unspecified atom stereocenters. The van der Waals surface area contributed by atoms with Crippen LogP contribution >= 0.6 is 0 Å². The minimum absolute atomic E-state index is 0.119. The van der Waals surface area contributed by atoms with Crippen LogP contribution in [0.5, 0.6) is 0 Å². The molecule has 1 N–H and O–H groups in total. The lowest BCUT2D eigenvalue weighted by Crippen LogP contribution is -2.31. The number of carbonyl (C=O) groups excluding carboxylic acids is 1. The summed E-state index contributed by atoms with van der Waals surface area (Å²) in [4.78, 5) is 12.7. The Morgan fingerprint density at radius 2 is 2.00 bits per heavy atom. The number of aromatic nitrogens is 2. The zero-order valence-electron chi connectivity index (χ0n) is 17.0. The first-order valence-electron chi connectivity index (χ1n) is 10.9. The molecule has 29 heavy (non-hydrogen) atoms. The van der Waals surface area contributed by atoms with Crippen LogP contribution in [0.4, 0.5) is 0 Å².